The molecule has 0 bridgehead atoms. The van der Waals surface area contributed by atoms with Gasteiger partial charge in [0.2, 0.25) is 0 Å². The molecule has 0 N–H and O–H groups in total. The highest BCUT2D eigenvalue weighted by Gasteiger charge is 2.25. The predicted octanol–water partition coefficient (Wildman–Crippen LogP) is 3.15. The number of ether oxygens (including phenoxy) is 2. The third-order valence-electron chi connectivity index (χ3n) is 5.00. The molecule has 0 spiro atoms. The van der Waals surface area contributed by atoms with Crippen LogP contribution in [0.15, 0.2) is 36.4 Å². The van der Waals surface area contributed by atoms with Crippen molar-refractivity contribution in [2.75, 3.05) is 45.3 Å². The summed E-state index contributed by atoms with van der Waals surface area (Å²) in [5.74, 6) is 1.49. The molecule has 1 amide bonds. The van der Waals surface area contributed by atoms with Gasteiger partial charge >= 0.3 is 0 Å². The van der Waals surface area contributed by atoms with Crippen LogP contribution in [0.1, 0.15) is 15.9 Å². The van der Waals surface area contributed by atoms with Crippen LogP contribution in [0.25, 0.3) is 10.2 Å². The molecule has 148 valence electrons. The summed E-state index contributed by atoms with van der Waals surface area (Å²) in [4.78, 5) is 21.5. The van der Waals surface area contributed by atoms with Crippen molar-refractivity contribution in [3.63, 3.8) is 0 Å². The van der Waals surface area contributed by atoms with E-state index in [1.54, 1.807) is 49.8 Å². The topological polar surface area (TPSA) is 78.7 Å². The number of nitriles is 1. The zero-order valence-corrected chi connectivity index (χ0v) is 17.0. The van der Waals surface area contributed by atoms with Gasteiger partial charge in [0.25, 0.3) is 5.91 Å². The molecule has 2 aromatic carbocycles. The van der Waals surface area contributed by atoms with Crippen LogP contribution in [0, 0.1) is 11.3 Å². The van der Waals surface area contributed by atoms with Crippen LogP contribution in [0.5, 0.6) is 11.5 Å². The van der Waals surface area contributed by atoms with Crippen molar-refractivity contribution in [1.29, 1.82) is 5.26 Å². The van der Waals surface area contributed by atoms with E-state index in [-0.39, 0.29) is 5.91 Å². The number of piperazine rings is 1. The van der Waals surface area contributed by atoms with E-state index in [0.717, 1.165) is 26.8 Å². The summed E-state index contributed by atoms with van der Waals surface area (Å²) in [6.45, 7) is 2.63. The second kappa shape index (κ2) is 7.97. The molecule has 0 atom stereocenters. The van der Waals surface area contributed by atoms with Crippen LogP contribution < -0.4 is 14.4 Å². The van der Waals surface area contributed by atoms with Gasteiger partial charge in [-0.15, -0.1) is 0 Å². The van der Waals surface area contributed by atoms with E-state index < -0.39 is 0 Å². The highest BCUT2D eigenvalue weighted by atomic mass is 32.1. The summed E-state index contributed by atoms with van der Waals surface area (Å²) in [6, 6.07) is 12.6. The van der Waals surface area contributed by atoms with Gasteiger partial charge in [-0.1, -0.05) is 11.3 Å². The molecule has 0 unspecified atom stereocenters. The number of anilines is 1. The fraction of sp³-hybridized carbons (Fsp3) is 0.286. The average molecular weight is 408 g/mol. The van der Waals surface area contributed by atoms with Crippen molar-refractivity contribution < 1.29 is 14.3 Å². The molecular weight excluding hydrogens is 388 g/mol. The molecule has 1 fully saturated rings. The van der Waals surface area contributed by atoms with Crippen LogP contribution in [0.3, 0.4) is 0 Å². The minimum absolute atomic E-state index is 0.0122. The van der Waals surface area contributed by atoms with E-state index in [1.807, 2.05) is 17.0 Å². The lowest BCUT2D eigenvalue weighted by atomic mass is 10.1. The number of fused-ring (bicyclic) bond motifs is 1. The molecule has 1 aliphatic heterocycles. The Labute approximate surface area is 172 Å². The number of hydrogen-bond acceptors (Lipinski definition) is 7. The molecule has 0 aliphatic carbocycles. The summed E-state index contributed by atoms with van der Waals surface area (Å²) in [5.41, 5.74) is 1.95. The van der Waals surface area contributed by atoms with Crippen molar-refractivity contribution >= 4 is 32.6 Å². The predicted molar refractivity (Wildman–Crippen MR) is 112 cm³/mol. The Hall–Kier alpha value is -3.31. The van der Waals surface area contributed by atoms with Crippen LogP contribution in [0.2, 0.25) is 0 Å². The van der Waals surface area contributed by atoms with E-state index in [4.69, 9.17) is 19.7 Å². The molecule has 2 heterocycles. The van der Waals surface area contributed by atoms with Crippen LogP contribution in [-0.2, 0) is 0 Å². The van der Waals surface area contributed by atoms with E-state index in [2.05, 4.69) is 11.0 Å². The number of nitrogens with zero attached hydrogens (tertiary/aromatic N) is 4. The molecule has 1 aromatic heterocycles. The fourth-order valence-electron chi connectivity index (χ4n) is 3.38. The molecule has 1 saturated heterocycles. The number of carbonyl (C=O) groups excluding carboxylic acids is 1. The first-order chi connectivity index (χ1) is 14.1. The maximum atomic E-state index is 12.7. The van der Waals surface area contributed by atoms with Gasteiger partial charge in [0.05, 0.1) is 25.9 Å². The molecule has 0 saturated carbocycles. The summed E-state index contributed by atoms with van der Waals surface area (Å²) < 4.78 is 11.9. The Morgan fingerprint density at radius 1 is 1.03 bits per heavy atom. The van der Waals surface area contributed by atoms with Gasteiger partial charge in [-0.05, 0) is 36.4 Å². The third kappa shape index (κ3) is 3.57. The average Bonchev–Trinajstić information content (AvgIpc) is 3.23. The molecule has 29 heavy (non-hydrogen) atoms. The van der Waals surface area contributed by atoms with Gasteiger partial charge in [0.1, 0.15) is 21.7 Å². The van der Waals surface area contributed by atoms with Gasteiger partial charge < -0.3 is 19.3 Å². The normalized spacial score (nSPS) is 14.0. The fourth-order valence-corrected chi connectivity index (χ4v) is 4.51. The lowest BCUT2D eigenvalue weighted by molar-refractivity contribution is 0.0747. The minimum atomic E-state index is -0.0122. The maximum absolute atomic E-state index is 12.7. The lowest BCUT2D eigenvalue weighted by Gasteiger charge is -2.34. The number of rotatable bonds is 4. The lowest BCUT2D eigenvalue weighted by Crippen LogP contribution is -2.48. The van der Waals surface area contributed by atoms with Crippen molar-refractivity contribution in [1.82, 2.24) is 9.88 Å². The molecule has 3 aromatic rings. The molecule has 0 radical (unpaired) electrons. The van der Waals surface area contributed by atoms with E-state index in [9.17, 15) is 4.79 Å². The zero-order valence-electron chi connectivity index (χ0n) is 16.2. The molecular formula is C21H20N4O3S. The summed E-state index contributed by atoms with van der Waals surface area (Å²) >= 11 is 1.57. The van der Waals surface area contributed by atoms with E-state index in [0.29, 0.717) is 37.3 Å². The smallest absolute Gasteiger partial charge is 0.253 e. The minimum Gasteiger partial charge on any atom is -0.495 e. The van der Waals surface area contributed by atoms with Crippen molar-refractivity contribution in [2.45, 2.75) is 0 Å². The first-order valence-electron chi connectivity index (χ1n) is 9.20. The molecule has 1 aliphatic rings. The quantitative estimate of drug-likeness (QED) is 0.660. The third-order valence-corrected chi connectivity index (χ3v) is 6.13. The SMILES string of the molecule is COc1ccc(OC)c2sc(N3CCN(C(=O)c4ccc(C#N)cc4)CC3)nc12. The molecule has 7 nitrogen and oxygen atoms in total. The summed E-state index contributed by atoms with van der Waals surface area (Å²) in [5, 5.41) is 9.80. The number of methoxy groups -OCH3 is 2. The number of aromatic nitrogens is 1. The highest BCUT2D eigenvalue weighted by molar-refractivity contribution is 7.22. The first-order valence-corrected chi connectivity index (χ1v) is 10.0. The Kier molecular flexibility index (Phi) is 5.23. The van der Waals surface area contributed by atoms with Crippen LogP contribution in [-0.4, -0.2) is 56.2 Å². The van der Waals surface area contributed by atoms with Gasteiger partial charge in [0, 0.05) is 31.7 Å². The van der Waals surface area contributed by atoms with Gasteiger partial charge in [-0.3, -0.25) is 4.79 Å². The second-order valence-electron chi connectivity index (χ2n) is 6.61. The maximum Gasteiger partial charge on any atom is 0.253 e. The number of amides is 1. The Morgan fingerprint density at radius 2 is 1.69 bits per heavy atom. The van der Waals surface area contributed by atoms with Crippen molar-refractivity contribution in [2.24, 2.45) is 0 Å². The Bertz CT molecular complexity index is 1040. The van der Waals surface area contributed by atoms with Crippen molar-refractivity contribution in [3.05, 3.63) is 47.5 Å². The van der Waals surface area contributed by atoms with Gasteiger partial charge in [0.15, 0.2) is 5.13 Å². The number of hydrogen-bond donors (Lipinski definition) is 0. The van der Waals surface area contributed by atoms with Crippen LogP contribution >= 0.6 is 11.3 Å². The Morgan fingerprint density at radius 3 is 2.31 bits per heavy atom. The van der Waals surface area contributed by atoms with E-state index >= 15 is 0 Å². The first kappa shape index (κ1) is 19.0. The van der Waals surface area contributed by atoms with Crippen LogP contribution in [0.4, 0.5) is 5.13 Å². The van der Waals surface area contributed by atoms with E-state index in [1.165, 1.54) is 0 Å². The largest absolute Gasteiger partial charge is 0.495 e. The molecule has 4 rings (SSSR count). The standard InChI is InChI=1S/C21H20N4O3S/c1-27-16-7-8-17(28-2)19-18(16)23-21(29-19)25-11-9-24(10-12-25)20(26)15-5-3-14(13-22)4-6-15/h3-8H,9-12H2,1-2H3. The second-order valence-corrected chi connectivity index (χ2v) is 7.59. The number of benzene rings is 2. The highest BCUT2D eigenvalue weighted by Crippen LogP contribution is 2.40. The Balaban J connectivity index is 1.49. The number of thiazole rings is 1. The zero-order chi connectivity index (χ0) is 20.4. The monoisotopic (exact) mass is 408 g/mol. The summed E-state index contributed by atoms with van der Waals surface area (Å²) in [7, 11) is 3.28. The van der Waals surface area contributed by atoms with Gasteiger partial charge in [-0.25, -0.2) is 4.98 Å². The van der Waals surface area contributed by atoms with Crippen molar-refractivity contribution in [3.8, 4) is 17.6 Å². The number of carbonyl (C=O) groups is 1. The summed E-state index contributed by atoms with van der Waals surface area (Å²) in [6.07, 6.45) is 0. The molecule has 8 heteroatoms. The van der Waals surface area contributed by atoms with Gasteiger partial charge in [-0.2, -0.15) is 5.26 Å².